The van der Waals surface area contributed by atoms with Crippen LogP contribution in [0.4, 0.5) is 0 Å². The molecule has 0 aliphatic carbocycles. The van der Waals surface area contributed by atoms with Gasteiger partial charge in [0.2, 0.25) is 0 Å². The van der Waals surface area contributed by atoms with E-state index in [0.29, 0.717) is 6.04 Å². The number of hydrogen-bond donors (Lipinski definition) is 1. The molecule has 1 aromatic rings. The van der Waals surface area contributed by atoms with Gasteiger partial charge in [-0.1, -0.05) is 25.6 Å². The molecule has 0 saturated carbocycles. The van der Waals surface area contributed by atoms with E-state index in [0.717, 1.165) is 29.6 Å². The van der Waals surface area contributed by atoms with E-state index in [4.69, 9.17) is 0 Å². The highest BCUT2D eigenvalue weighted by Crippen LogP contribution is 2.14. The predicted molar refractivity (Wildman–Crippen MR) is 69.9 cm³/mol. The average Bonchev–Trinajstić information content (AvgIpc) is 2.29. The summed E-state index contributed by atoms with van der Waals surface area (Å²) in [6.45, 7) is 7.49. The fourth-order valence-corrected chi connectivity index (χ4v) is 2.39. The molecule has 3 nitrogen and oxygen atoms in total. The molecule has 1 heterocycles. The van der Waals surface area contributed by atoms with Crippen LogP contribution in [0.25, 0.3) is 0 Å². The third-order valence-electron chi connectivity index (χ3n) is 2.36. The van der Waals surface area contributed by atoms with Gasteiger partial charge in [0.25, 0.3) is 0 Å². The van der Waals surface area contributed by atoms with Crippen LogP contribution >= 0.6 is 11.8 Å². The molecule has 0 spiro atoms. The molecule has 1 unspecified atom stereocenters. The summed E-state index contributed by atoms with van der Waals surface area (Å²) >= 11 is 1.73. The van der Waals surface area contributed by atoms with Gasteiger partial charge in [0, 0.05) is 23.7 Å². The minimum atomic E-state index is 0.564. The Labute approximate surface area is 102 Å². The van der Waals surface area contributed by atoms with Gasteiger partial charge in [-0.05, 0) is 32.4 Å². The molecule has 1 atom stereocenters. The van der Waals surface area contributed by atoms with Crippen molar-refractivity contribution in [2.75, 3.05) is 12.3 Å². The molecule has 90 valence electrons. The van der Waals surface area contributed by atoms with E-state index in [1.807, 2.05) is 19.2 Å². The lowest BCUT2D eigenvalue weighted by Gasteiger charge is -2.15. The van der Waals surface area contributed by atoms with E-state index in [-0.39, 0.29) is 0 Å². The predicted octanol–water partition coefficient (Wildman–Crippen LogP) is 2.66. The fraction of sp³-hybridized carbons (Fsp3) is 0.667. The number of nitrogens with zero attached hydrogens (tertiary/aromatic N) is 2. The van der Waals surface area contributed by atoms with Gasteiger partial charge in [-0.15, -0.1) is 0 Å². The zero-order valence-corrected chi connectivity index (χ0v) is 11.2. The number of thioether (sulfide) groups is 1. The normalized spacial score (nSPS) is 12.7. The number of rotatable bonds is 7. The Morgan fingerprint density at radius 2 is 2.25 bits per heavy atom. The van der Waals surface area contributed by atoms with Crippen LogP contribution < -0.4 is 5.32 Å². The van der Waals surface area contributed by atoms with Gasteiger partial charge < -0.3 is 5.32 Å². The average molecular weight is 239 g/mol. The first-order chi connectivity index (χ1) is 7.76. The monoisotopic (exact) mass is 239 g/mol. The highest BCUT2D eigenvalue weighted by molar-refractivity contribution is 7.99. The summed E-state index contributed by atoms with van der Waals surface area (Å²) in [7, 11) is 0. The van der Waals surface area contributed by atoms with Crippen LogP contribution in [-0.4, -0.2) is 28.3 Å². The Balaban J connectivity index is 2.37. The van der Waals surface area contributed by atoms with Gasteiger partial charge in [0.15, 0.2) is 5.16 Å². The Morgan fingerprint density at radius 1 is 1.44 bits per heavy atom. The maximum atomic E-state index is 4.38. The molecule has 0 aromatic carbocycles. The third-order valence-corrected chi connectivity index (χ3v) is 3.39. The zero-order chi connectivity index (χ0) is 11.8. The van der Waals surface area contributed by atoms with Gasteiger partial charge in [-0.2, -0.15) is 0 Å². The van der Waals surface area contributed by atoms with E-state index in [9.17, 15) is 0 Å². The van der Waals surface area contributed by atoms with E-state index in [2.05, 4.69) is 29.1 Å². The standard InChI is InChI=1S/C12H21N3S/c1-4-7-13-11(5-2)9-16-12-14-8-6-10(3)15-12/h6,8,11,13H,4-5,7,9H2,1-3H3. The first-order valence-corrected chi connectivity index (χ1v) is 6.90. The van der Waals surface area contributed by atoms with Crippen molar-refractivity contribution >= 4 is 11.8 Å². The largest absolute Gasteiger partial charge is 0.313 e. The Morgan fingerprint density at radius 3 is 2.88 bits per heavy atom. The summed E-state index contributed by atoms with van der Waals surface area (Å²) in [6, 6.07) is 2.49. The molecule has 1 aromatic heterocycles. The van der Waals surface area contributed by atoms with E-state index >= 15 is 0 Å². The molecule has 1 N–H and O–H groups in total. The number of hydrogen-bond acceptors (Lipinski definition) is 4. The Kier molecular flexibility index (Phi) is 6.42. The second-order valence-electron chi connectivity index (χ2n) is 3.85. The van der Waals surface area contributed by atoms with E-state index < -0.39 is 0 Å². The lowest BCUT2D eigenvalue weighted by atomic mass is 10.2. The molecule has 0 amide bonds. The summed E-state index contributed by atoms with van der Waals surface area (Å²) < 4.78 is 0. The minimum absolute atomic E-state index is 0.564. The Bertz CT molecular complexity index is 304. The Hall–Kier alpha value is -0.610. The van der Waals surface area contributed by atoms with Crippen molar-refractivity contribution in [3.63, 3.8) is 0 Å². The SMILES string of the molecule is CCCNC(CC)CSc1nccc(C)n1. The molecule has 4 heteroatoms. The molecular weight excluding hydrogens is 218 g/mol. The van der Waals surface area contributed by atoms with Crippen molar-refractivity contribution in [3.05, 3.63) is 18.0 Å². The van der Waals surface area contributed by atoms with Crippen LogP contribution in [0.15, 0.2) is 17.4 Å². The van der Waals surface area contributed by atoms with Gasteiger partial charge in [0.1, 0.15) is 0 Å². The number of nitrogens with one attached hydrogen (secondary N) is 1. The molecule has 0 fully saturated rings. The molecule has 1 rings (SSSR count). The molecule has 16 heavy (non-hydrogen) atoms. The molecule has 0 bridgehead atoms. The van der Waals surface area contributed by atoms with Crippen LogP contribution in [0.1, 0.15) is 32.4 Å². The van der Waals surface area contributed by atoms with Crippen molar-refractivity contribution in [1.29, 1.82) is 0 Å². The fourth-order valence-electron chi connectivity index (χ4n) is 1.34. The van der Waals surface area contributed by atoms with Crippen LogP contribution in [0.2, 0.25) is 0 Å². The van der Waals surface area contributed by atoms with Gasteiger partial charge in [0.05, 0.1) is 0 Å². The number of aryl methyl sites for hydroxylation is 1. The molecule has 0 aliphatic rings. The maximum absolute atomic E-state index is 4.38. The third kappa shape index (κ3) is 4.94. The summed E-state index contributed by atoms with van der Waals surface area (Å²) in [6.07, 6.45) is 4.16. The van der Waals surface area contributed by atoms with Crippen molar-refractivity contribution in [2.24, 2.45) is 0 Å². The van der Waals surface area contributed by atoms with Crippen LogP contribution in [0.3, 0.4) is 0 Å². The lowest BCUT2D eigenvalue weighted by molar-refractivity contribution is 0.539. The summed E-state index contributed by atoms with van der Waals surface area (Å²) in [4.78, 5) is 8.63. The molecule has 0 saturated heterocycles. The maximum Gasteiger partial charge on any atom is 0.187 e. The second-order valence-corrected chi connectivity index (χ2v) is 4.84. The van der Waals surface area contributed by atoms with Crippen LogP contribution in [-0.2, 0) is 0 Å². The van der Waals surface area contributed by atoms with Gasteiger partial charge in [-0.25, -0.2) is 9.97 Å². The van der Waals surface area contributed by atoms with Crippen molar-refractivity contribution < 1.29 is 0 Å². The first kappa shape index (κ1) is 13.5. The highest BCUT2D eigenvalue weighted by atomic mass is 32.2. The zero-order valence-electron chi connectivity index (χ0n) is 10.4. The minimum Gasteiger partial charge on any atom is -0.313 e. The molecule has 0 radical (unpaired) electrons. The van der Waals surface area contributed by atoms with Crippen LogP contribution in [0.5, 0.6) is 0 Å². The number of aromatic nitrogens is 2. The van der Waals surface area contributed by atoms with Gasteiger partial charge >= 0.3 is 0 Å². The molecular formula is C12H21N3S. The first-order valence-electron chi connectivity index (χ1n) is 5.92. The van der Waals surface area contributed by atoms with E-state index in [1.54, 1.807) is 11.8 Å². The van der Waals surface area contributed by atoms with Crippen molar-refractivity contribution in [3.8, 4) is 0 Å². The summed E-state index contributed by atoms with van der Waals surface area (Å²) in [5.41, 5.74) is 1.03. The van der Waals surface area contributed by atoms with Crippen LogP contribution in [0, 0.1) is 6.92 Å². The lowest BCUT2D eigenvalue weighted by Crippen LogP contribution is -2.31. The quantitative estimate of drug-likeness (QED) is 0.586. The summed E-state index contributed by atoms with van der Waals surface area (Å²) in [5.74, 6) is 1.04. The second kappa shape index (κ2) is 7.63. The van der Waals surface area contributed by atoms with E-state index in [1.165, 1.54) is 6.42 Å². The van der Waals surface area contributed by atoms with Crippen molar-refractivity contribution in [1.82, 2.24) is 15.3 Å². The molecule has 0 aliphatic heterocycles. The summed E-state index contributed by atoms with van der Waals surface area (Å²) in [5, 5.41) is 4.41. The van der Waals surface area contributed by atoms with Gasteiger partial charge in [-0.3, -0.25) is 0 Å². The smallest absolute Gasteiger partial charge is 0.187 e. The van der Waals surface area contributed by atoms with Crippen molar-refractivity contribution in [2.45, 2.75) is 44.8 Å². The highest BCUT2D eigenvalue weighted by Gasteiger charge is 2.06. The topological polar surface area (TPSA) is 37.8 Å².